The van der Waals surface area contributed by atoms with Gasteiger partial charge in [-0.25, -0.2) is 0 Å². The number of unbranched alkanes of at least 4 members (excludes halogenated alkanes) is 1. The highest BCUT2D eigenvalue weighted by molar-refractivity contribution is 5.95. The van der Waals surface area contributed by atoms with Gasteiger partial charge in [0.1, 0.15) is 18.1 Å². The van der Waals surface area contributed by atoms with Crippen LogP contribution in [0.15, 0.2) is 65.7 Å². The molecule has 3 rings (SSSR count). The summed E-state index contributed by atoms with van der Waals surface area (Å²) in [7, 11) is 0. The summed E-state index contributed by atoms with van der Waals surface area (Å²) in [5.41, 5.74) is 24.7. The Morgan fingerprint density at radius 2 is 1.28 bits per heavy atom. The largest absolute Gasteiger partial charge is 0.370 e. The third kappa shape index (κ3) is 13.0. The fourth-order valence-corrected chi connectivity index (χ4v) is 5.70. The zero-order valence-electron chi connectivity index (χ0n) is 28.9. The summed E-state index contributed by atoms with van der Waals surface area (Å²) < 4.78 is 0. The molecule has 0 saturated carbocycles. The molecule has 15 heteroatoms. The van der Waals surface area contributed by atoms with E-state index in [4.69, 9.17) is 28.3 Å². The van der Waals surface area contributed by atoms with Gasteiger partial charge in [0.15, 0.2) is 11.9 Å². The number of carbonyl (C=O) groups is 4. The number of nitrogens with zero attached hydrogens (tertiary/aromatic N) is 3. The Labute approximate surface area is 294 Å². The number of guanidine groups is 2. The van der Waals surface area contributed by atoms with E-state index in [9.17, 15) is 19.2 Å². The van der Waals surface area contributed by atoms with E-state index >= 15 is 0 Å². The topological polar surface area (TPSA) is 251 Å². The van der Waals surface area contributed by atoms with Gasteiger partial charge in [-0.1, -0.05) is 80.4 Å². The van der Waals surface area contributed by atoms with Crippen molar-refractivity contribution in [1.29, 1.82) is 5.41 Å². The summed E-state index contributed by atoms with van der Waals surface area (Å²) in [5, 5.41) is 16.3. The Kier molecular flexibility index (Phi) is 16.0. The van der Waals surface area contributed by atoms with Crippen LogP contribution in [0.3, 0.4) is 0 Å². The number of hydrogen-bond acceptors (Lipinski definition) is 7. The molecule has 2 aromatic carbocycles. The molecular formula is C35H53N11O4. The van der Waals surface area contributed by atoms with E-state index in [0.717, 1.165) is 17.5 Å². The van der Waals surface area contributed by atoms with Gasteiger partial charge in [0.25, 0.3) is 0 Å². The first-order valence-corrected chi connectivity index (χ1v) is 17.2. The van der Waals surface area contributed by atoms with Crippen LogP contribution in [0.5, 0.6) is 0 Å². The molecule has 0 bridgehead atoms. The number of benzene rings is 2. The number of carbonyl (C=O) groups excluding carboxylic acids is 4. The molecule has 4 amide bonds. The molecule has 1 fully saturated rings. The Hall–Kier alpha value is -5.18. The molecule has 0 spiro atoms. The van der Waals surface area contributed by atoms with Crippen molar-refractivity contribution < 1.29 is 19.2 Å². The lowest BCUT2D eigenvalue weighted by molar-refractivity contribution is -0.137. The number of hydrogen-bond donors (Lipinski definition) is 8. The molecule has 1 aliphatic rings. The fourth-order valence-electron chi connectivity index (χ4n) is 5.70. The lowest BCUT2D eigenvalue weighted by atomic mass is 10.0. The van der Waals surface area contributed by atoms with Crippen molar-refractivity contribution in [3.63, 3.8) is 0 Å². The summed E-state index contributed by atoms with van der Waals surface area (Å²) in [6.45, 7) is 3.71. The van der Waals surface area contributed by atoms with Crippen LogP contribution in [0.4, 0.5) is 0 Å². The van der Waals surface area contributed by atoms with E-state index in [-0.39, 0.29) is 43.6 Å². The van der Waals surface area contributed by atoms with Gasteiger partial charge >= 0.3 is 0 Å². The van der Waals surface area contributed by atoms with Gasteiger partial charge in [0, 0.05) is 39.1 Å². The number of nitrogens with two attached hydrogens (primary N) is 4. The molecule has 1 heterocycles. The van der Waals surface area contributed by atoms with E-state index < -0.39 is 41.9 Å². The number of nitrogens with one attached hydrogen (secondary N) is 4. The predicted octanol–water partition coefficient (Wildman–Crippen LogP) is -0.465. The van der Waals surface area contributed by atoms with Crippen LogP contribution < -0.4 is 38.9 Å². The second kappa shape index (κ2) is 20.4. The minimum absolute atomic E-state index is 0.0636. The van der Waals surface area contributed by atoms with Crippen LogP contribution in [0.25, 0.3) is 0 Å². The minimum Gasteiger partial charge on any atom is -0.370 e. The molecule has 0 aromatic heterocycles. The molecule has 1 saturated heterocycles. The third-order valence-corrected chi connectivity index (χ3v) is 8.51. The number of rotatable bonds is 17. The Morgan fingerprint density at radius 1 is 0.740 bits per heavy atom. The zero-order valence-corrected chi connectivity index (χ0v) is 28.9. The van der Waals surface area contributed by atoms with Crippen LogP contribution in [0, 0.1) is 5.41 Å². The van der Waals surface area contributed by atoms with Gasteiger partial charge in [0.2, 0.25) is 23.6 Å². The van der Waals surface area contributed by atoms with Gasteiger partial charge in [-0.2, -0.15) is 0 Å². The van der Waals surface area contributed by atoms with Gasteiger partial charge in [-0.3, -0.25) is 29.6 Å². The molecule has 4 atom stereocenters. The first-order valence-electron chi connectivity index (χ1n) is 17.2. The summed E-state index contributed by atoms with van der Waals surface area (Å²) in [4.78, 5) is 62.1. The first kappa shape index (κ1) is 39.3. The molecule has 2 aromatic rings. The van der Waals surface area contributed by atoms with Gasteiger partial charge in [-0.15, -0.1) is 0 Å². The molecule has 1 aliphatic heterocycles. The van der Waals surface area contributed by atoms with E-state index in [1.807, 2.05) is 67.6 Å². The second-order valence-electron chi connectivity index (χ2n) is 12.5. The lowest BCUT2D eigenvalue weighted by Gasteiger charge is -2.29. The average Bonchev–Trinajstić information content (AvgIpc) is 3.36. The van der Waals surface area contributed by atoms with Crippen LogP contribution in [0.2, 0.25) is 0 Å². The maximum Gasteiger partial charge on any atom is 0.245 e. The second-order valence-corrected chi connectivity index (χ2v) is 12.5. The highest BCUT2D eigenvalue weighted by Gasteiger charge is 2.32. The lowest BCUT2D eigenvalue weighted by Crippen LogP contribution is -2.58. The van der Waals surface area contributed by atoms with Gasteiger partial charge in [0.05, 0.1) is 6.04 Å². The fraction of sp³-hybridized carbons (Fsp3) is 0.486. The van der Waals surface area contributed by atoms with Crippen molar-refractivity contribution in [2.24, 2.45) is 27.9 Å². The quantitative estimate of drug-likeness (QED) is 0.0788. The molecule has 50 heavy (non-hydrogen) atoms. The number of aliphatic imine (C=N–C) groups is 1. The Morgan fingerprint density at radius 3 is 1.88 bits per heavy atom. The molecule has 0 aliphatic carbocycles. The molecular weight excluding hydrogens is 638 g/mol. The van der Waals surface area contributed by atoms with Crippen LogP contribution >= 0.6 is 0 Å². The summed E-state index contributed by atoms with van der Waals surface area (Å²) in [6, 6.07) is 14.7. The van der Waals surface area contributed by atoms with Crippen molar-refractivity contribution in [2.45, 2.75) is 76.0 Å². The first-order chi connectivity index (χ1) is 24.0. The van der Waals surface area contributed by atoms with E-state index in [0.29, 0.717) is 45.4 Å². The molecule has 0 unspecified atom stereocenters. The summed E-state index contributed by atoms with van der Waals surface area (Å²) in [6.07, 6.45) is 2.85. The van der Waals surface area contributed by atoms with Crippen molar-refractivity contribution in [1.82, 2.24) is 25.8 Å². The van der Waals surface area contributed by atoms with Crippen molar-refractivity contribution in [3.05, 3.63) is 71.8 Å². The maximum atomic E-state index is 13.9. The van der Waals surface area contributed by atoms with Crippen LogP contribution in [-0.4, -0.2) is 102 Å². The zero-order chi connectivity index (χ0) is 36.5. The molecule has 12 N–H and O–H groups in total. The highest BCUT2D eigenvalue weighted by atomic mass is 16.2. The van der Waals surface area contributed by atoms with E-state index in [1.165, 1.54) is 0 Å². The Balaban J connectivity index is 1.78. The van der Waals surface area contributed by atoms with Gasteiger partial charge < -0.3 is 48.7 Å². The predicted molar refractivity (Wildman–Crippen MR) is 194 cm³/mol. The Bertz CT molecular complexity index is 1440. The average molecular weight is 692 g/mol. The molecule has 15 nitrogen and oxygen atoms in total. The molecule has 0 radical (unpaired) electrons. The normalized spacial score (nSPS) is 15.4. The van der Waals surface area contributed by atoms with E-state index in [1.54, 1.807) is 9.80 Å². The van der Waals surface area contributed by atoms with Crippen molar-refractivity contribution >= 4 is 35.5 Å². The van der Waals surface area contributed by atoms with Crippen molar-refractivity contribution in [2.75, 3.05) is 32.7 Å². The van der Waals surface area contributed by atoms with Crippen LogP contribution in [0.1, 0.15) is 50.2 Å². The maximum absolute atomic E-state index is 13.9. The SMILES string of the molecule is CCCC[C@@H](NC(=O)[C@@H](Cc1ccccc1)NC(=O)[C@H](N)Cc1ccccc1)C(=O)N[C@H](CCN=C(N)N)C(=O)N1CCCN(C(=N)N)CC1. The summed E-state index contributed by atoms with van der Waals surface area (Å²) in [5.74, 6) is -2.11. The highest BCUT2D eigenvalue weighted by Crippen LogP contribution is 2.11. The molecule has 272 valence electrons. The van der Waals surface area contributed by atoms with E-state index in [2.05, 4.69) is 20.9 Å². The third-order valence-electron chi connectivity index (χ3n) is 8.51. The smallest absolute Gasteiger partial charge is 0.245 e. The summed E-state index contributed by atoms with van der Waals surface area (Å²) >= 11 is 0. The standard InChI is InChI=1S/C35H53N11O4/c1-2-3-15-27(31(48)43-28(16-17-41-34(37)38)33(50)45-18-10-19-46(21-20-45)35(39)40)42-32(49)29(23-25-13-8-5-9-14-25)44-30(47)26(36)22-24-11-6-4-7-12-24/h4-9,11-14,26-29H,2-3,10,15-23,36H2,1H3,(H3,39,40)(H,42,49)(H,43,48)(H,44,47)(H4,37,38,41)/t26-,27-,28-,29-/m1/s1. The minimum atomic E-state index is -1.02. The van der Waals surface area contributed by atoms with Crippen LogP contribution in [-0.2, 0) is 32.0 Å². The van der Waals surface area contributed by atoms with Crippen molar-refractivity contribution in [3.8, 4) is 0 Å². The monoisotopic (exact) mass is 691 g/mol. The van der Waals surface area contributed by atoms with Gasteiger partial charge in [-0.05, 0) is 36.8 Å². The number of amides is 4.